The lowest BCUT2D eigenvalue weighted by atomic mass is 9.82. The van der Waals surface area contributed by atoms with Crippen LogP contribution in [0.15, 0.2) is 91.0 Å². The lowest BCUT2D eigenvalue weighted by Gasteiger charge is -2.21. The van der Waals surface area contributed by atoms with Gasteiger partial charge >= 0.3 is 0 Å². The number of rotatable bonds is 0. The molecule has 1 nitrogen and oxygen atoms in total. The molecule has 32 heavy (non-hydrogen) atoms. The maximum absolute atomic E-state index is 2.51. The number of hydrogen-bond acceptors (Lipinski definition) is 0. The SMILES string of the molecule is CC1(C)c2ccccc2-c2cc3c4cc5ccccc5c5c6ccccc6n(c3cc21)c45. The van der Waals surface area contributed by atoms with Crippen molar-refractivity contribution in [2.45, 2.75) is 19.3 Å². The van der Waals surface area contributed by atoms with E-state index in [1.54, 1.807) is 0 Å². The molecule has 0 N–H and O–H groups in total. The third kappa shape index (κ3) is 1.75. The first-order valence-electron chi connectivity index (χ1n) is 11.4. The molecule has 0 unspecified atom stereocenters. The third-order valence-electron chi connectivity index (χ3n) is 7.89. The Kier molecular flexibility index (Phi) is 2.79. The maximum Gasteiger partial charge on any atom is 0.0626 e. The van der Waals surface area contributed by atoms with Gasteiger partial charge in [-0.2, -0.15) is 0 Å². The quantitative estimate of drug-likeness (QED) is 0.238. The Labute approximate surface area is 185 Å². The van der Waals surface area contributed by atoms with E-state index in [9.17, 15) is 0 Å². The van der Waals surface area contributed by atoms with E-state index in [-0.39, 0.29) is 5.41 Å². The first-order chi connectivity index (χ1) is 15.6. The summed E-state index contributed by atoms with van der Waals surface area (Å²) in [5.41, 5.74) is 9.61. The zero-order valence-electron chi connectivity index (χ0n) is 18.1. The molecule has 150 valence electrons. The maximum atomic E-state index is 2.51. The highest BCUT2D eigenvalue weighted by molar-refractivity contribution is 6.31. The van der Waals surface area contributed by atoms with Crippen molar-refractivity contribution >= 4 is 48.9 Å². The van der Waals surface area contributed by atoms with Crippen LogP contribution in [0.5, 0.6) is 0 Å². The molecule has 8 rings (SSSR count). The van der Waals surface area contributed by atoms with E-state index < -0.39 is 0 Å². The van der Waals surface area contributed by atoms with Crippen LogP contribution in [0, 0.1) is 0 Å². The summed E-state index contributed by atoms with van der Waals surface area (Å²) in [5, 5.41) is 8.08. The van der Waals surface area contributed by atoms with Gasteiger partial charge < -0.3 is 4.40 Å². The Bertz CT molecular complexity index is 1900. The number of benzene rings is 5. The molecule has 0 radical (unpaired) electrons. The van der Waals surface area contributed by atoms with E-state index in [1.165, 1.54) is 71.1 Å². The van der Waals surface area contributed by atoms with Gasteiger partial charge in [0.15, 0.2) is 0 Å². The largest absolute Gasteiger partial charge is 0.308 e. The minimum atomic E-state index is 0.00250. The number of hydrogen-bond donors (Lipinski definition) is 0. The van der Waals surface area contributed by atoms with E-state index >= 15 is 0 Å². The van der Waals surface area contributed by atoms with Crippen molar-refractivity contribution in [2.24, 2.45) is 0 Å². The molecule has 0 spiro atoms. The average Bonchev–Trinajstić information content (AvgIpc) is 3.41. The van der Waals surface area contributed by atoms with Gasteiger partial charge in [0.25, 0.3) is 0 Å². The van der Waals surface area contributed by atoms with Crippen LogP contribution in [0.2, 0.25) is 0 Å². The first-order valence-corrected chi connectivity index (χ1v) is 11.4. The molecule has 1 aliphatic carbocycles. The fraction of sp³-hybridized carbons (Fsp3) is 0.0968. The predicted octanol–water partition coefficient (Wildman–Crippen LogP) is 8.30. The topological polar surface area (TPSA) is 4.41 Å². The molecule has 0 aliphatic heterocycles. The monoisotopic (exact) mass is 407 g/mol. The molecule has 0 saturated carbocycles. The van der Waals surface area contributed by atoms with Crippen molar-refractivity contribution < 1.29 is 0 Å². The van der Waals surface area contributed by atoms with Gasteiger partial charge in [-0.05, 0) is 57.3 Å². The van der Waals surface area contributed by atoms with Gasteiger partial charge in [0, 0.05) is 27.0 Å². The molecule has 0 saturated heterocycles. The Hall–Kier alpha value is -3.84. The summed E-state index contributed by atoms with van der Waals surface area (Å²) in [6.07, 6.45) is 0. The highest BCUT2D eigenvalue weighted by atomic mass is 14.9. The Balaban J connectivity index is 1.68. The molecule has 0 atom stereocenters. The fourth-order valence-corrected chi connectivity index (χ4v) is 6.43. The van der Waals surface area contributed by atoms with Crippen LogP contribution in [0.3, 0.4) is 0 Å². The van der Waals surface area contributed by atoms with Crippen molar-refractivity contribution in [1.29, 1.82) is 0 Å². The van der Waals surface area contributed by atoms with Crippen LogP contribution in [0.1, 0.15) is 25.0 Å². The molecule has 1 aliphatic rings. The van der Waals surface area contributed by atoms with Crippen LogP contribution in [0.25, 0.3) is 60.0 Å². The van der Waals surface area contributed by atoms with Crippen LogP contribution in [-0.4, -0.2) is 4.40 Å². The molecule has 0 fully saturated rings. The van der Waals surface area contributed by atoms with Gasteiger partial charge in [0.1, 0.15) is 0 Å². The summed E-state index contributed by atoms with van der Waals surface area (Å²) in [7, 11) is 0. The zero-order chi connectivity index (χ0) is 21.2. The highest BCUT2D eigenvalue weighted by Crippen LogP contribution is 2.52. The number of nitrogens with zero attached hydrogens (tertiary/aromatic N) is 1. The lowest BCUT2D eigenvalue weighted by Crippen LogP contribution is -2.14. The highest BCUT2D eigenvalue weighted by Gasteiger charge is 2.36. The molecular weight excluding hydrogens is 386 g/mol. The second-order valence-corrected chi connectivity index (χ2v) is 9.81. The van der Waals surface area contributed by atoms with Gasteiger partial charge in [-0.1, -0.05) is 80.6 Å². The molecule has 0 bridgehead atoms. The molecule has 2 aromatic heterocycles. The van der Waals surface area contributed by atoms with E-state index in [0.29, 0.717) is 0 Å². The normalized spacial score (nSPS) is 14.8. The van der Waals surface area contributed by atoms with E-state index in [1.807, 2.05) is 0 Å². The molecule has 7 aromatic rings. The van der Waals surface area contributed by atoms with Crippen LogP contribution < -0.4 is 0 Å². The summed E-state index contributed by atoms with van der Waals surface area (Å²) >= 11 is 0. The van der Waals surface area contributed by atoms with Crippen LogP contribution >= 0.6 is 0 Å². The summed E-state index contributed by atoms with van der Waals surface area (Å²) < 4.78 is 2.51. The smallest absolute Gasteiger partial charge is 0.0626 e. The average molecular weight is 408 g/mol. The van der Waals surface area contributed by atoms with Crippen molar-refractivity contribution in [3.05, 3.63) is 102 Å². The zero-order valence-corrected chi connectivity index (χ0v) is 18.1. The van der Waals surface area contributed by atoms with E-state index in [2.05, 4.69) is 109 Å². The van der Waals surface area contributed by atoms with Crippen LogP contribution in [-0.2, 0) is 5.41 Å². The molecule has 0 amide bonds. The standard InChI is InChI=1S/C31H21N/c1-31(2)25-13-7-5-11-20(25)22-16-23-24-15-18-9-3-4-10-19(18)29-21-12-6-8-14-27(21)32(30(24)29)28(23)17-26(22)31/h3-17H,1-2H3. The van der Waals surface area contributed by atoms with Crippen molar-refractivity contribution in [3.8, 4) is 11.1 Å². The van der Waals surface area contributed by atoms with E-state index in [0.717, 1.165) is 0 Å². The van der Waals surface area contributed by atoms with Crippen LogP contribution in [0.4, 0.5) is 0 Å². The van der Waals surface area contributed by atoms with Gasteiger partial charge in [-0.25, -0.2) is 0 Å². The van der Waals surface area contributed by atoms with Gasteiger partial charge in [0.2, 0.25) is 0 Å². The fourth-order valence-electron chi connectivity index (χ4n) is 6.43. The summed E-state index contributed by atoms with van der Waals surface area (Å²) in [6.45, 7) is 4.73. The predicted molar refractivity (Wildman–Crippen MR) is 136 cm³/mol. The molecule has 5 aromatic carbocycles. The Morgan fingerprint density at radius 3 is 2.22 bits per heavy atom. The Morgan fingerprint density at radius 1 is 0.562 bits per heavy atom. The van der Waals surface area contributed by atoms with Crippen molar-refractivity contribution in [2.75, 3.05) is 0 Å². The summed E-state index contributed by atoms with van der Waals surface area (Å²) in [4.78, 5) is 0. The van der Waals surface area contributed by atoms with Gasteiger partial charge in [-0.15, -0.1) is 0 Å². The number of fused-ring (bicyclic) bond motifs is 11. The lowest BCUT2D eigenvalue weighted by molar-refractivity contribution is 0.661. The molecular formula is C31H21N. The van der Waals surface area contributed by atoms with Crippen molar-refractivity contribution in [1.82, 2.24) is 4.40 Å². The molecule has 2 heterocycles. The second-order valence-electron chi connectivity index (χ2n) is 9.81. The third-order valence-corrected chi connectivity index (χ3v) is 7.89. The van der Waals surface area contributed by atoms with Crippen molar-refractivity contribution in [3.63, 3.8) is 0 Å². The van der Waals surface area contributed by atoms with E-state index in [4.69, 9.17) is 0 Å². The number of aromatic nitrogens is 1. The first kappa shape index (κ1) is 16.8. The molecule has 1 heteroatoms. The minimum absolute atomic E-state index is 0.00250. The summed E-state index contributed by atoms with van der Waals surface area (Å²) in [5.74, 6) is 0. The number of para-hydroxylation sites is 1. The van der Waals surface area contributed by atoms with Gasteiger partial charge in [0.05, 0.1) is 16.6 Å². The second kappa shape index (κ2) is 5.31. The minimum Gasteiger partial charge on any atom is -0.308 e. The Morgan fingerprint density at radius 2 is 1.31 bits per heavy atom. The van der Waals surface area contributed by atoms with Gasteiger partial charge in [-0.3, -0.25) is 0 Å². The summed E-state index contributed by atoms with van der Waals surface area (Å²) in [6, 6.07) is 34.0.